The second-order valence-electron chi connectivity index (χ2n) is 8.64. The average molecular weight is 425 g/mol. The Kier molecular flexibility index (Phi) is 7.59. The first-order valence-electron chi connectivity index (χ1n) is 11.7. The van der Waals surface area contributed by atoms with Gasteiger partial charge in [-0.15, -0.1) is 0 Å². The van der Waals surface area contributed by atoms with E-state index in [1.165, 1.54) is 24.9 Å². The summed E-state index contributed by atoms with van der Waals surface area (Å²) in [6, 6.07) is 13.4. The summed E-state index contributed by atoms with van der Waals surface area (Å²) in [7, 11) is 0. The number of aromatic nitrogens is 1. The van der Waals surface area contributed by atoms with Gasteiger partial charge in [0.05, 0.1) is 12.2 Å². The summed E-state index contributed by atoms with van der Waals surface area (Å²) in [4.78, 5) is 12.5. The molecule has 3 heterocycles. The summed E-state index contributed by atoms with van der Waals surface area (Å²) in [6.45, 7) is 12.9. The zero-order chi connectivity index (χ0) is 21.5. The van der Waals surface area contributed by atoms with E-state index in [2.05, 4.69) is 62.4 Å². The van der Waals surface area contributed by atoms with Crippen molar-refractivity contribution >= 4 is 5.96 Å². The quantitative estimate of drug-likeness (QED) is 0.545. The van der Waals surface area contributed by atoms with E-state index in [1.807, 2.05) is 13.0 Å². The van der Waals surface area contributed by atoms with Crippen LogP contribution in [0.5, 0.6) is 0 Å². The number of aryl methyl sites for hydroxylation is 1. The lowest BCUT2D eigenvalue weighted by atomic mass is 10.2. The number of nitrogens with zero attached hydrogens (tertiary/aromatic N) is 5. The molecule has 1 aromatic carbocycles. The van der Waals surface area contributed by atoms with Crippen LogP contribution in [0.4, 0.5) is 0 Å². The topological polar surface area (TPSA) is 60.1 Å². The number of hydrogen-bond donors (Lipinski definition) is 1. The zero-order valence-corrected chi connectivity index (χ0v) is 19.0. The molecular formula is C24H36N6O. The first-order valence-corrected chi connectivity index (χ1v) is 11.7. The standard InChI is InChI=1S/C24H36N6O/c1-3-25-24(29-14-12-28(13-15-29)19-22-16-20(2)31-27-22)26-17-23-10-7-11-30(23)18-21-8-5-4-6-9-21/h4-6,8-9,16,23H,3,7,10-15,17-19H2,1-2H3,(H,25,26). The van der Waals surface area contributed by atoms with Crippen molar-refractivity contribution in [1.82, 2.24) is 25.2 Å². The molecule has 0 spiro atoms. The normalized spacial score (nSPS) is 21.0. The van der Waals surface area contributed by atoms with Crippen molar-refractivity contribution in [2.75, 3.05) is 45.8 Å². The Labute approximate surface area is 186 Å². The van der Waals surface area contributed by atoms with Crippen molar-refractivity contribution < 1.29 is 4.52 Å². The van der Waals surface area contributed by atoms with Crippen molar-refractivity contribution in [3.8, 4) is 0 Å². The molecule has 1 unspecified atom stereocenters. The highest BCUT2D eigenvalue weighted by molar-refractivity contribution is 5.80. The molecule has 1 atom stereocenters. The van der Waals surface area contributed by atoms with E-state index >= 15 is 0 Å². The molecule has 7 heteroatoms. The van der Waals surface area contributed by atoms with Crippen molar-refractivity contribution in [2.24, 2.45) is 4.99 Å². The fourth-order valence-corrected chi connectivity index (χ4v) is 4.59. The van der Waals surface area contributed by atoms with Crippen LogP contribution in [0.2, 0.25) is 0 Å². The van der Waals surface area contributed by atoms with E-state index < -0.39 is 0 Å². The van der Waals surface area contributed by atoms with Crippen LogP contribution in [0.15, 0.2) is 45.9 Å². The number of guanidine groups is 1. The van der Waals surface area contributed by atoms with Crippen molar-refractivity contribution in [1.29, 1.82) is 0 Å². The summed E-state index contributed by atoms with van der Waals surface area (Å²) >= 11 is 0. The van der Waals surface area contributed by atoms with Gasteiger partial charge in [0, 0.05) is 57.9 Å². The maximum atomic E-state index is 5.20. The predicted octanol–water partition coefficient (Wildman–Crippen LogP) is 2.73. The molecule has 168 valence electrons. The molecule has 4 rings (SSSR count). The minimum Gasteiger partial charge on any atom is -0.361 e. The summed E-state index contributed by atoms with van der Waals surface area (Å²) in [5.74, 6) is 1.94. The molecule has 0 amide bonds. The van der Waals surface area contributed by atoms with Gasteiger partial charge in [-0.25, -0.2) is 0 Å². The fourth-order valence-electron chi connectivity index (χ4n) is 4.59. The lowest BCUT2D eigenvalue weighted by molar-refractivity contribution is 0.168. The minimum absolute atomic E-state index is 0.533. The monoisotopic (exact) mass is 424 g/mol. The Morgan fingerprint density at radius 3 is 2.65 bits per heavy atom. The van der Waals surface area contributed by atoms with Gasteiger partial charge in [0.2, 0.25) is 0 Å². The first-order chi connectivity index (χ1) is 15.2. The summed E-state index contributed by atoms with van der Waals surface area (Å²) in [5, 5.41) is 7.65. The number of likely N-dealkylation sites (tertiary alicyclic amines) is 1. The van der Waals surface area contributed by atoms with E-state index in [9.17, 15) is 0 Å². The first kappa shape index (κ1) is 21.8. The number of piperazine rings is 1. The van der Waals surface area contributed by atoms with E-state index in [0.717, 1.165) is 69.8 Å². The predicted molar refractivity (Wildman–Crippen MR) is 124 cm³/mol. The molecule has 2 fully saturated rings. The SMILES string of the molecule is CCNC(=NCC1CCCN1Cc1ccccc1)N1CCN(Cc2cc(C)on2)CC1. The Morgan fingerprint density at radius 1 is 1.13 bits per heavy atom. The molecule has 0 bridgehead atoms. The van der Waals surface area contributed by atoms with E-state index in [1.54, 1.807) is 0 Å². The third kappa shape index (κ3) is 6.08. The molecule has 7 nitrogen and oxygen atoms in total. The molecule has 2 aliphatic heterocycles. The summed E-state index contributed by atoms with van der Waals surface area (Å²) < 4.78 is 5.20. The lowest BCUT2D eigenvalue weighted by Gasteiger charge is -2.36. The molecule has 1 aromatic heterocycles. The van der Waals surface area contributed by atoms with Crippen LogP contribution in [0, 0.1) is 6.92 Å². The molecule has 31 heavy (non-hydrogen) atoms. The van der Waals surface area contributed by atoms with Gasteiger partial charge in [0.15, 0.2) is 5.96 Å². The van der Waals surface area contributed by atoms with Gasteiger partial charge in [-0.1, -0.05) is 35.5 Å². The van der Waals surface area contributed by atoms with Gasteiger partial charge >= 0.3 is 0 Å². The highest BCUT2D eigenvalue weighted by Crippen LogP contribution is 2.20. The number of hydrogen-bond acceptors (Lipinski definition) is 5. The second-order valence-corrected chi connectivity index (χ2v) is 8.64. The molecule has 0 saturated carbocycles. The van der Waals surface area contributed by atoms with Crippen LogP contribution in [0.3, 0.4) is 0 Å². The Bertz CT molecular complexity index is 828. The Hall–Kier alpha value is -2.38. The number of aliphatic imine (C=N–C) groups is 1. The van der Waals surface area contributed by atoms with Gasteiger partial charge in [-0.3, -0.25) is 14.8 Å². The van der Waals surface area contributed by atoms with Crippen LogP contribution >= 0.6 is 0 Å². The van der Waals surface area contributed by atoms with E-state index in [0.29, 0.717) is 6.04 Å². The third-order valence-electron chi connectivity index (χ3n) is 6.25. The fraction of sp³-hybridized carbons (Fsp3) is 0.583. The second kappa shape index (κ2) is 10.8. The molecule has 2 aromatic rings. The Morgan fingerprint density at radius 2 is 1.94 bits per heavy atom. The van der Waals surface area contributed by atoms with Gasteiger partial charge in [0.1, 0.15) is 5.76 Å². The number of nitrogens with one attached hydrogen (secondary N) is 1. The van der Waals surface area contributed by atoms with E-state index in [4.69, 9.17) is 9.52 Å². The zero-order valence-electron chi connectivity index (χ0n) is 19.0. The smallest absolute Gasteiger partial charge is 0.194 e. The molecule has 0 radical (unpaired) electrons. The molecule has 1 N–H and O–H groups in total. The largest absolute Gasteiger partial charge is 0.361 e. The molecule has 2 aliphatic rings. The molecular weight excluding hydrogens is 388 g/mol. The van der Waals surface area contributed by atoms with E-state index in [-0.39, 0.29) is 0 Å². The van der Waals surface area contributed by atoms with Gasteiger partial charge in [-0.2, -0.15) is 0 Å². The van der Waals surface area contributed by atoms with Gasteiger partial charge in [-0.05, 0) is 38.8 Å². The van der Waals surface area contributed by atoms with Crippen LogP contribution in [0.1, 0.15) is 36.8 Å². The average Bonchev–Trinajstić information content (AvgIpc) is 3.41. The van der Waals surface area contributed by atoms with Gasteiger partial charge < -0.3 is 14.7 Å². The summed E-state index contributed by atoms with van der Waals surface area (Å²) in [5.41, 5.74) is 2.41. The van der Waals surface area contributed by atoms with Crippen molar-refractivity contribution in [3.05, 3.63) is 53.4 Å². The van der Waals surface area contributed by atoms with Crippen LogP contribution in [0.25, 0.3) is 0 Å². The van der Waals surface area contributed by atoms with Crippen LogP contribution < -0.4 is 5.32 Å². The highest BCUT2D eigenvalue weighted by atomic mass is 16.5. The van der Waals surface area contributed by atoms with Crippen molar-refractivity contribution in [2.45, 2.75) is 45.8 Å². The maximum Gasteiger partial charge on any atom is 0.194 e. The molecule has 2 saturated heterocycles. The van der Waals surface area contributed by atoms with Crippen LogP contribution in [-0.2, 0) is 13.1 Å². The van der Waals surface area contributed by atoms with Crippen LogP contribution in [-0.4, -0.2) is 77.7 Å². The maximum absolute atomic E-state index is 5.20. The van der Waals surface area contributed by atoms with Gasteiger partial charge in [0.25, 0.3) is 0 Å². The number of benzene rings is 1. The Balaban J connectivity index is 1.30. The highest BCUT2D eigenvalue weighted by Gasteiger charge is 2.25. The lowest BCUT2D eigenvalue weighted by Crippen LogP contribution is -2.52. The number of rotatable bonds is 7. The minimum atomic E-state index is 0.533. The molecule has 0 aliphatic carbocycles. The van der Waals surface area contributed by atoms with Crippen molar-refractivity contribution in [3.63, 3.8) is 0 Å². The third-order valence-corrected chi connectivity index (χ3v) is 6.25. The summed E-state index contributed by atoms with van der Waals surface area (Å²) in [6.07, 6.45) is 2.50.